The molecular formula is C42H30N2OS. The lowest BCUT2D eigenvalue weighted by atomic mass is 9.72. The molecule has 0 saturated carbocycles. The number of para-hydroxylation sites is 1. The molecule has 46 heavy (non-hydrogen) atoms. The molecule has 0 unspecified atom stereocenters. The molecule has 3 aromatic heterocycles. The Kier molecular flexibility index (Phi) is 4.89. The fraction of sp³-hybridized carbons (Fsp3) is 0.143. The molecule has 0 saturated heterocycles. The molecule has 0 fully saturated rings. The number of rotatable bonds is 1. The van der Waals surface area contributed by atoms with Crippen LogP contribution in [0.3, 0.4) is 0 Å². The molecule has 0 radical (unpaired) electrons. The molecule has 3 heterocycles. The molecule has 3 nitrogen and oxygen atoms in total. The van der Waals surface area contributed by atoms with Gasteiger partial charge < -0.3 is 0 Å². The van der Waals surface area contributed by atoms with Gasteiger partial charge in [0.2, 0.25) is 0 Å². The smallest absolute Gasteiger partial charge is 0.197 e. The van der Waals surface area contributed by atoms with Crippen molar-refractivity contribution in [2.75, 3.05) is 0 Å². The molecule has 2 aliphatic carbocycles. The summed E-state index contributed by atoms with van der Waals surface area (Å²) in [5.74, 6) is 0.833. The lowest BCUT2D eigenvalue weighted by Crippen LogP contribution is -2.24. The molecular weight excluding hydrogens is 581 g/mol. The van der Waals surface area contributed by atoms with E-state index in [-0.39, 0.29) is 16.3 Å². The Balaban J connectivity index is 1.45. The standard InChI is InChI=1S/C42H30N2OS/c1-41(2)28-17-9-5-13-23(28)33-34-25-15-7-11-19-30(25)44(32-22-21-27-39(45)26-16-8-12-20-31(26)46-40(27)43-32)38(34)35-24-14-6-10-18-29(24)42(3,4)37(35)36(33)41/h5-22H,1-4H3. The first-order valence-corrected chi connectivity index (χ1v) is 16.8. The Morgan fingerprint density at radius 3 is 1.93 bits per heavy atom. The number of fused-ring (bicyclic) bond motifs is 14. The summed E-state index contributed by atoms with van der Waals surface area (Å²) in [7, 11) is 0. The Hall–Kier alpha value is -5.06. The highest BCUT2D eigenvalue weighted by atomic mass is 32.1. The van der Waals surface area contributed by atoms with Gasteiger partial charge in [-0.1, -0.05) is 107 Å². The molecule has 0 bridgehead atoms. The zero-order valence-electron chi connectivity index (χ0n) is 26.1. The summed E-state index contributed by atoms with van der Waals surface area (Å²) in [6, 6.07) is 38.6. The lowest BCUT2D eigenvalue weighted by Gasteiger charge is -2.31. The molecule has 5 aromatic carbocycles. The van der Waals surface area contributed by atoms with E-state index >= 15 is 0 Å². The van der Waals surface area contributed by atoms with E-state index in [1.54, 1.807) is 11.3 Å². The first-order chi connectivity index (χ1) is 22.3. The summed E-state index contributed by atoms with van der Waals surface area (Å²) in [5, 5.41) is 3.92. The van der Waals surface area contributed by atoms with Gasteiger partial charge >= 0.3 is 0 Å². The Morgan fingerprint density at radius 1 is 0.609 bits per heavy atom. The Morgan fingerprint density at radius 2 is 1.20 bits per heavy atom. The second-order valence-electron chi connectivity index (χ2n) is 13.9. The first kappa shape index (κ1) is 26.2. The normalized spacial score (nSPS) is 15.4. The van der Waals surface area contributed by atoms with Crippen LogP contribution >= 0.6 is 11.3 Å². The summed E-state index contributed by atoms with van der Waals surface area (Å²) < 4.78 is 3.34. The van der Waals surface area contributed by atoms with Crippen LogP contribution < -0.4 is 5.43 Å². The van der Waals surface area contributed by atoms with Gasteiger partial charge in [0.25, 0.3) is 0 Å². The maximum Gasteiger partial charge on any atom is 0.197 e. The van der Waals surface area contributed by atoms with Gasteiger partial charge in [-0.15, -0.1) is 11.3 Å². The molecule has 10 rings (SSSR count). The highest BCUT2D eigenvalue weighted by Crippen LogP contribution is 2.63. The van der Waals surface area contributed by atoms with Gasteiger partial charge in [0.05, 0.1) is 16.4 Å². The fourth-order valence-electron chi connectivity index (χ4n) is 8.80. The van der Waals surface area contributed by atoms with Gasteiger partial charge in [-0.2, -0.15) is 0 Å². The first-order valence-electron chi connectivity index (χ1n) is 16.0. The number of benzene rings is 5. The van der Waals surface area contributed by atoms with Crippen LogP contribution in [0, 0.1) is 0 Å². The average molecular weight is 611 g/mol. The van der Waals surface area contributed by atoms with Crippen molar-refractivity contribution in [1.29, 1.82) is 0 Å². The van der Waals surface area contributed by atoms with Crippen molar-refractivity contribution < 1.29 is 0 Å². The molecule has 2 aliphatic rings. The molecule has 4 heteroatoms. The van der Waals surface area contributed by atoms with Gasteiger partial charge in [0.1, 0.15) is 10.6 Å². The van der Waals surface area contributed by atoms with Gasteiger partial charge in [-0.25, -0.2) is 4.98 Å². The number of aromatic nitrogens is 2. The monoisotopic (exact) mass is 610 g/mol. The molecule has 0 N–H and O–H groups in total. The maximum absolute atomic E-state index is 13.5. The van der Waals surface area contributed by atoms with Crippen LogP contribution in [0.4, 0.5) is 0 Å². The van der Waals surface area contributed by atoms with Gasteiger partial charge in [0.15, 0.2) is 5.43 Å². The third-order valence-corrected chi connectivity index (χ3v) is 11.8. The van der Waals surface area contributed by atoms with Crippen molar-refractivity contribution in [2.24, 2.45) is 0 Å². The van der Waals surface area contributed by atoms with E-state index in [4.69, 9.17) is 4.98 Å². The minimum absolute atomic E-state index is 0.0406. The number of nitrogens with zero attached hydrogens (tertiary/aromatic N) is 2. The van der Waals surface area contributed by atoms with Crippen LogP contribution in [0.1, 0.15) is 49.9 Å². The minimum atomic E-state index is -0.194. The SMILES string of the molecule is CC1(C)c2ccccc2-c2c1c1c(c3c2c2ccccc2n3-c2ccc3c(=O)c4ccccc4sc3n2)-c2ccccc2C1(C)C. The highest BCUT2D eigenvalue weighted by Gasteiger charge is 2.48. The van der Waals surface area contributed by atoms with E-state index in [0.29, 0.717) is 5.39 Å². The van der Waals surface area contributed by atoms with Crippen LogP contribution in [-0.2, 0) is 10.8 Å². The summed E-state index contributed by atoms with van der Waals surface area (Å²) in [6.07, 6.45) is 0. The molecule has 0 amide bonds. The maximum atomic E-state index is 13.5. The molecule has 0 atom stereocenters. The number of hydrogen-bond acceptors (Lipinski definition) is 3. The second-order valence-corrected chi connectivity index (χ2v) is 14.9. The predicted molar refractivity (Wildman–Crippen MR) is 193 cm³/mol. The third kappa shape index (κ3) is 3.03. The van der Waals surface area contributed by atoms with E-state index in [1.165, 1.54) is 60.8 Å². The Bertz CT molecular complexity index is 2720. The lowest BCUT2D eigenvalue weighted by molar-refractivity contribution is 0.602. The van der Waals surface area contributed by atoms with E-state index in [2.05, 4.69) is 105 Å². The predicted octanol–water partition coefficient (Wildman–Crippen LogP) is 10.5. The van der Waals surface area contributed by atoms with Crippen LogP contribution in [-0.4, -0.2) is 9.55 Å². The molecule has 0 aliphatic heterocycles. The fourth-order valence-corrected chi connectivity index (χ4v) is 9.84. The second kappa shape index (κ2) is 8.60. The van der Waals surface area contributed by atoms with Crippen LogP contribution in [0.2, 0.25) is 0 Å². The third-order valence-electron chi connectivity index (χ3n) is 10.8. The van der Waals surface area contributed by atoms with E-state index < -0.39 is 0 Å². The van der Waals surface area contributed by atoms with Crippen molar-refractivity contribution in [3.63, 3.8) is 0 Å². The van der Waals surface area contributed by atoms with E-state index in [1.807, 2.05) is 36.4 Å². The van der Waals surface area contributed by atoms with Crippen molar-refractivity contribution in [3.05, 3.63) is 142 Å². The Labute approximate surface area is 270 Å². The summed E-state index contributed by atoms with van der Waals surface area (Å²) in [5.41, 5.74) is 12.9. The largest absolute Gasteiger partial charge is 0.293 e. The molecule has 0 spiro atoms. The van der Waals surface area contributed by atoms with E-state index in [9.17, 15) is 4.79 Å². The minimum Gasteiger partial charge on any atom is -0.293 e. The zero-order chi connectivity index (χ0) is 31.1. The van der Waals surface area contributed by atoms with Gasteiger partial charge in [0, 0.05) is 37.3 Å². The number of hydrogen-bond donors (Lipinski definition) is 0. The topological polar surface area (TPSA) is 34.9 Å². The van der Waals surface area contributed by atoms with Crippen LogP contribution in [0.25, 0.3) is 70.2 Å². The van der Waals surface area contributed by atoms with Gasteiger partial charge in [-0.3, -0.25) is 9.36 Å². The van der Waals surface area contributed by atoms with Crippen LogP contribution in [0.5, 0.6) is 0 Å². The zero-order valence-corrected chi connectivity index (χ0v) is 26.9. The number of pyridine rings is 1. The van der Waals surface area contributed by atoms with Crippen molar-refractivity contribution in [3.8, 4) is 28.1 Å². The molecule has 8 aromatic rings. The van der Waals surface area contributed by atoms with Crippen molar-refractivity contribution >= 4 is 53.4 Å². The summed E-state index contributed by atoms with van der Waals surface area (Å²) in [4.78, 5) is 19.6. The summed E-state index contributed by atoms with van der Waals surface area (Å²) in [6.45, 7) is 9.59. The van der Waals surface area contributed by atoms with E-state index in [0.717, 1.165) is 26.3 Å². The van der Waals surface area contributed by atoms with Crippen LogP contribution in [0.15, 0.2) is 114 Å². The van der Waals surface area contributed by atoms with Gasteiger partial charge in [-0.05, 0) is 69.3 Å². The quantitative estimate of drug-likeness (QED) is 0.173. The van der Waals surface area contributed by atoms with Crippen molar-refractivity contribution in [2.45, 2.75) is 38.5 Å². The van der Waals surface area contributed by atoms with Crippen molar-refractivity contribution in [1.82, 2.24) is 9.55 Å². The highest BCUT2D eigenvalue weighted by molar-refractivity contribution is 7.24. The summed E-state index contributed by atoms with van der Waals surface area (Å²) >= 11 is 1.59. The molecule has 220 valence electrons. The average Bonchev–Trinajstić information content (AvgIpc) is 3.62.